The third kappa shape index (κ3) is 2.25. The molecule has 0 N–H and O–H groups in total. The minimum atomic E-state index is -0.526. The summed E-state index contributed by atoms with van der Waals surface area (Å²) in [6.07, 6.45) is -0.0566. The second-order valence-electron chi connectivity index (χ2n) is 2.67. The van der Waals surface area contributed by atoms with Crippen LogP contribution in [0.15, 0.2) is 16.6 Å². The first-order valence-corrected chi connectivity index (χ1v) is 4.77. The zero-order chi connectivity index (χ0) is 11.4. The molecule has 0 amide bonds. The summed E-state index contributed by atoms with van der Waals surface area (Å²) in [5, 5.41) is 19.3. The topological polar surface area (TPSA) is 76.2 Å². The summed E-state index contributed by atoms with van der Waals surface area (Å²) in [6.45, 7) is 0. The highest BCUT2D eigenvalue weighted by molar-refractivity contribution is 9.10. The van der Waals surface area contributed by atoms with E-state index in [1.165, 1.54) is 19.2 Å². The normalized spacial score (nSPS) is 9.40. The Hall–Kier alpha value is -1.61. The van der Waals surface area contributed by atoms with Crippen LogP contribution in [0.3, 0.4) is 0 Å². The molecule has 15 heavy (non-hydrogen) atoms. The molecular weight excluding hydrogens is 264 g/mol. The highest BCUT2D eigenvalue weighted by Gasteiger charge is 2.20. The van der Waals surface area contributed by atoms with E-state index >= 15 is 0 Å². The van der Waals surface area contributed by atoms with Crippen LogP contribution >= 0.6 is 15.9 Å². The summed E-state index contributed by atoms with van der Waals surface area (Å²) >= 11 is 3.20. The predicted molar refractivity (Wildman–Crippen MR) is 56.7 cm³/mol. The van der Waals surface area contributed by atoms with Gasteiger partial charge in [0.15, 0.2) is 0 Å². The summed E-state index contributed by atoms with van der Waals surface area (Å²) in [6, 6.07) is 4.75. The third-order valence-electron chi connectivity index (χ3n) is 1.84. The highest BCUT2D eigenvalue weighted by atomic mass is 79.9. The van der Waals surface area contributed by atoms with Gasteiger partial charge >= 0.3 is 0 Å². The Morgan fingerprint density at radius 3 is 2.80 bits per heavy atom. The highest BCUT2D eigenvalue weighted by Crippen LogP contribution is 2.35. The maximum absolute atomic E-state index is 10.7. The van der Waals surface area contributed by atoms with Crippen molar-refractivity contribution in [3.05, 3.63) is 32.3 Å². The lowest BCUT2D eigenvalue weighted by Crippen LogP contribution is -1.99. The van der Waals surface area contributed by atoms with E-state index in [2.05, 4.69) is 15.9 Å². The molecule has 0 saturated heterocycles. The molecule has 0 bridgehead atoms. The Morgan fingerprint density at radius 1 is 1.67 bits per heavy atom. The van der Waals surface area contributed by atoms with Gasteiger partial charge in [0.25, 0.3) is 5.69 Å². The molecule has 5 nitrogen and oxygen atoms in total. The molecule has 1 aromatic rings. The SMILES string of the molecule is COc1c(Br)ccc([N+](=O)[O-])c1CC#N. The standard InChI is InChI=1S/C9H7BrN2O3/c1-15-9-6(4-5-11)8(12(13)14)3-2-7(9)10/h2-3H,4H2,1H3. The van der Waals surface area contributed by atoms with Gasteiger partial charge < -0.3 is 4.74 Å². The second-order valence-corrected chi connectivity index (χ2v) is 3.52. The van der Waals surface area contributed by atoms with Crippen LogP contribution in [0.4, 0.5) is 5.69 Å². The van der Waals surface area contributed by atoms with Crippen LogP contribution in [-0.4, -0.2) is 12.0 Å². The minimum absolute atomic E-state index is 0.0566. The van der Waals surface area contributed by atoms with Crippen molar-refractivity contribution >= 4 is 21.6 Å². The van der Waals surface area contributed by atoms with Gasteiger partial charge in [-0.1, -0.05) is 0 Å². The number of hydrogen-bond acceptors (Lipinski definition) is 4. The molecule has 1 rings (SSSR count). The van der Waals surface area contributed by atoms with E-state index in [4.69, 9.17) is 10.00 Å². The molecule has 0 unspecified atom stereocenters. The summed E-state index contributed by atoms with van der Waals surface area (Å²) in [4.78, 5) is 10.2. The van der Waals surface area contributed by atoms with Gasteiger partial charge in [-0.3, -0.25) is 10.1 Å². The number of hydrogen-bond donors (Lipinski definition) is 0. The fraction of sp³-hybridized carbons (Fsp3) is 0.222. The van der Waals surface area contributed by atoms with Gasteiger partial charge in [0.05, 0.1) is 34.6 Å². The Kier molecular flexibility index (Phi) is 3.63. The van der Waals surface area contributed by atoms with Crippen LogP contribution < -0.4 is 4.74 Å². The maximum Gasteiger partial charge on any atom is 0.277 e. The van der Waals surface area contributed by atoms with Crippen molar-refractivity contribution in [2.75, 3.05) is 7.11 Å². The van der Waals surface area contributed by atoms with Crippen LogP contribution in [0.5, 0.6) is 5.75 Å². The molecule has 0 saturated carbocycles. The van der Waals surface area contributed by atoms with E-state index in [0.717, 1.165) is 0 Å². The predicted octanol–water partition coefficient (Wildman–Crippen LogP) is 2.43. The van der Waals surface area contributed by atoms with E-state index in [9.17, 15) is 10.1 Å². The Balaban J connectivity index is 3.43. The van der Waals surface area contributed by atoms with E-state index < -0.39 is 4.92 Å². The molecule has 0 heterocycles. The average Bonchev–Trinajstić information content (AvgIpc) is 2.18. The van der Waals surface area contributed by atoms with E-state index in [1.807, 2.05) is 6.07 Å². The molecular formula is C9H7BrN2O3. The quantitative estimate of drug-likeness (QED) is 0.624. The number of ether oxygens (including phenoxy) is 1. The van der Waals surface area contributed by atoms with Crippen LogP contribution in [0, 0.1) is 21.4 Å². The van der Waals surface area contributed by atoms with Crippen molar-refractivity contribution in [2.24, 2.45) is 0 Å². The average molecular weight is 271 g/mol. The molecule has 0 fully saturated rings. The van der Waals surface area contributed by atoms with Gasteiger partial charge in [-0.2, -0.15) is 5.26 Å². The fourth-order valence-corrected chi connectivity index (χ4v) is 1.76. The lowest BCUT2D eigenvalue weighted by atomic mass is 10.1. The van der Waals surface area contributed by atoms with E-state index in [1.54, 1.807) is 0 Å². The molecule has 1 aromatic carbocycles. The molecule has 0 atom stereocenters. The monoisotopic (exact) mass is 270 g/mol. The van der Waals surface area contributed by atoms with Gasteiger partial charge in [0.2, 0.25) is 0 Å². The van der Waals surface area contributed by atoms with Gasteiger partial charge in [0.1, 0.15) is 5.75 Å². The molecule has 0 aliphatic carbocycles. The second kappa shape index (κ2) is 4.75. The third-order valence-corrected chi connectivity index (χ3v) is 2.47. The van der Waals surface area contributed by atoms with Gasteiger partial charge in [-0.15, -0.1) is 0 Å². The molecule has 0 aliphatic rings. The largest absolute Gasteiger partial charge is 0.495 e. The number of nitro groups is 1. The Morgan fingerprint density at radius 2 is 2.33 bits per heavy atom. The molecule has 0 aromatic heterocycles. The number of rotatable bonds is 3. The zero-order valence-corrected chi connectivity index (χ0v) is 9.44. The first kappa shape index (κ1) is 11.5. The van der Waals surface area contributed by atoms with Crippen LogP contribution in [-0.2, 0) is 6.42 Å². The first-order valence-electron chi connectivity index (χ1n) is 3.98. The number of nitriles is 1. The number of nitrogens with zero attached hydrogens (tertiary/aromatic N) is 2. The summed E-state index contributed by atoms with van der Waals surface area (Å²) in [7, 11) is 1.41. The number of methoxy groups -OCH3 is 1. The van der Waals surface area contributed by atoms with Crippen LogP contribution in [0.25, 0.3) is 0 Å². The minimum Gasteiger partial charge on any atom is -0.495 e. The smallest absolute Gasteiger partial charge is 0.277 e. The Bertz CT molecular complexity index is 440. The molecule has 0 radical (unpaired) electrons. The van der Waals surface area contributed by atoms with Gasteiger partial charge in [0, 0.05) is 6.07 Å². The fourth-order valence-electron chi connectivity index (χ4n) is 1.23. The van der Waals surface area contributed by atoms with Gasteiger partial charge in [-0.25, -0.2) is 0 Å². The van der Waals surface area contributed by atoms with E-state index in [-0.39, 0.29) is 12.1 Å². The number of nitro benzene ring substituents is 1. The van der Waals surface area contributed by atoms with E-state index in [0.29, 0.717) is 15.8 Å². The van der Waals surface area contributed by atoms with Crippen LogP contribution in [0.1, 0.15) is 5.56 Å². The van der Waals surface area contributed by atoms with Crippen molar-refractivity contribution in [2.45, 2.75) is 6.42 Å². The molecule has 78 valence electrons. The number of benzene rings is 1. The van der Waals surface area contributed by atoms with Crippen molar-refractivity contribution in [3.8, 4) is 11.8 Å². The van der Waals surface area contributed by atoms with Crippen LogP contribution in [0.2, 0.25) is 0 Å². The molecule has 0 spiro atoms. The van der Waals surface area contributed by atoms with Gasteiger partial charge in [-0.05, 0) is 22.0 Å². The van der Waals surface area contributed by atoms with Crippen molar-refractivity contribution in [1.29, 1.82) is 5.26 Å². The Labute approximate surface area is 94.6 Å². The van der Waals surface area contributed by atoms with Crippen molar-refractivity contribution in [1.82, 2.24) is 0 Å². The van der Waals surface area contributed by atoms with Crippen molar-refractivity contribution < 1.29 is 9.66 Å². The lowest BCUT2D eigenvalue weighted by molar-refractivity contribution is -0.385. The summed E-state index contributed by atoms with van der Waals surface area (Å²) < 4.78 is 5.62. The summed E-state index contributed by atoms with van der Waals surface area (Å²) in [5.74, 6) is 0.339. The lowest BCUT2D eigenvalue weighted by Gasteiger charge is -2.07. The maximum atomic E-state index is 10.7. The zero-order valence-electron chi connectivity index (χ0n) is 7.86. The number of halogens is 1. The molecule has 0 aliphatic heterocycles. The first-order chi connectivity index (χ1) is 7.11. The molecule has 6 heteroatoms. The summed E-state index contributed by atoms with van der Waals surface area (Å²) in [5.41, 5.74) is 0.191. The van der Waals surface area contributed by atoms with Crippen molar-refractivity contribution in [3.63, 3.8) is 0 Å².